The predicted octanol–water partition coefficient (Wildman–Crippen LogP) is 2.78. The first kappa shape index (κ1) is 11.2. The fraction of sp³-hybridized carbons (Fsp3) is 0.500. The number of rotatable bonds is 3. The van der Waals surface area contributed by atoms with E-state index in [2.05, 4.69) is 0 Å². The third-order valence-corrected chi connectivity index (χ3v) is 2.70. The standard InChI is InChI=1S/C12H17FO/c1-9(14)12(2,3)8-10-4-6-11(13)7-5-10/h4-7,9,14H,8H2,1-3H3. The summed E-state index contributed by atoms with van der Waals surface area (Å²) in [6, 6.07) is 6.43. The Bertz CT molecular complexity index is 288. The molecule has 0 aromatic heterocycles. The molecule has 1 atom stereocenters. The predicted molar refractivity (Wildman–Crippen MR) is 55.6 cm³/mol. The van der Waals surface area contributed by atoms with E-state index in [1.807, 2.05) is 13.8 Å². The molecular weight excluding hydrogens is 179 g/mol. The molecule has 0 bridgehead atoms. The van der Waals surface area contributed by atoms with Crippen molar-refractivity contribution in [2.24, 2.45) is 5.41 Å². The smallest absolute Gasteiger partial charge is 0.123 e. The van der Waals surface area contributed by atoms with E-state index in [0.29, 0.717) is 0 Å². The minimum absolute atomic E-state index is 0.169. The summed E-state index contributed by atoms with van der Waals surface area (Å²) in [4.78, 5) is 0. The zero-order chi connectivity index (χ0) is 10.8. The van der Waals surface area contributed by atoms with E-state index in [1.54, 1.807) is 19.1 Å². The van der Waals surface area contributed by atoms with Gasteiger partial charge in [0, 0.05) is 0 Å². The molecule has 1 rings (SSSR count). The molecule has 0 amide bonds. The van der Waals surface area contributed by atoms with Gasteiger partial charge in [0.1, 0.15) is 5.82 Å². The van der Waals surface area contributed by atoms with Crippen LogP contribution < -0.4 is 0 Å². The number of halogens is 1. The molecule has 0 heterocycles. The highest BCUT2D eigenvalue weighted by Crippen LogP contribution is 2.25. The first-order valence-electron chi connectivity index (χ1n) is 4.84. The van der Waals surface area contributed by atoms with Gasteiger partial charge >= 0.3 is 0 Å². The van der Waals surface area contributed by atoms with Crippen molar-refractivity contribution in [2.75, 3.05) is 0 Å². The van der Waals surface area contributed by atoms with Gasteiger partial charge < -0.3 is 5.11 Å². The zero-order valence-corrected chi connectivity index (χ0v) is 8.92. The molecule has 0 fully saturated rings. The van der Waals surface area contributed by atoms with E-state index in [4.69, 9.17) is 0 Å². The summed E-state index contributed by atoms with van der Waals surface area (Å²) in [6.07, 6.45) is 0.387. The molecule has 1 N–H and O–H groups in total. The highest BCUT2D eigenvalue weighted by Gasteiger charge is 2.24. The Labute approximate surface area is 84.6 Å². The zero-order valence-electron chi connectivity index (χ0n) is 8.92. The maximum Gasteiger partial charge on any atom is 0.123 e. The van der Waals surface area contributed by atoms with Gasteiger partial charge in [0.05, 0.1) is 6.10 Å². The minimum atomic E-state index is -0.368. The molecular formula is C12H17FO. The summed E-state index contributed by atoms with van der Waals surface area (Å²) in [6.45, 7) is 5.78. The summed E-state index contributed by atoms with van der Waals surface area (Å²) >= 11 is 0. The first-order chi connectivity index (χ1) is 6.42. The quantitative estimate of drug-likeness (QED) is 0.788. The van der Waals surface area contributed by atoms with Gasteiger partial charge in [0.2, 0.25) is 0 Å². The molecule has 1 nitrogen and oxygen atoms in total. The highest BCUT2D eigenvalue weighted by molar-refractivity contribution is 5.17. The van der Waals surface area contributed by atoms with Crippen LogP contribution in [0.25, 0.3) is 0 Å². The van der Waals surface area contributed by atoms with Crippen LogP contribution in [0.15, 0.2) is 24.3 Å². The number of aliphatic hydroxyl groups is 1. The second-order valence-electron chi connectivity index (χ2n) is 4.47. The molecule has 0 saturated carbocycles. The first-order valence-corrected chi connectivity index (χ1v) is 4.84. The maximum absolute atomic E-state index is 12.6. The summed E-state index contributed by atoms with van der Waals surface area (Å²) in [5, 5.41) is 9.52. The van der Waals surface area contributed by atoms with Gasteiger partial charge in [0.15, 0.2) is 0 Å². The highest BCUT2D eigenvalue weighted by atomic mass is 19.1. The van der Waals surface area contributed by atoms with Crippen LogP contribution in [-0.2, 0) is 6.42 Å². The second kappa shape index (κ2) is 4.09. The normalized spacial score (nSPS) is 14.1. The Kier molecular flexibility index (Phi) is 3.27. The van der Waals surface area contributed by atoms with Crippen LogP contribution in [0, 0.1) is 11.2 Å². The minimum Gasteiger partial charge on any atom is -0.393 e. The number of aliphatic hydroxyl groups excluding tert-OH is 1. The van der Waals surface area contributed by atoms with Gasteiger partial charge in [-0.2, -0.15) is 0 Å². The fourth-order valence-electron chi connectivity index (χ4n) is 1.28. The topological polar surface area (TPSA) is 20.2 Å². The van der Waals surface area contributed by atoms with Crippen LogP contribution in [0.5, 0.6) is 0 Å². The van der Waals surface area contributed by atoms with Gasteiger partial charge in [-0.05, 0) is 36.5 Å². The number of hydrogen-bond acceptors (Lipinski definition) is 1. The SMILES string of the molecule is CC(O)C(C)(C)Cc1ccc(F)cc1. The monoisotopic (exact) mass is 196 g/mol. The van der Waals surface area contributed by atoms with E-state index in [1.165, 1.54) is 12.1 Å². The lowest BCUT2D eigenvalue weighted by Gasteiger charge is -2.28. The molecule has 0 spiro atoms. The molecule has 1 aromatic carbocycles. The van der Waals surface area contributed by atoms with Crippen molar-refractivity contribution in [3.05, 3.63) is 35.6 Å². The molecule has 1 unspecified atom stereocenters. The van der Waals surface area contributed by atoms with Gasteiger partial charge in [-0.15, -0.1) is 0 Å². The van der Waals surface area contributed by atoms with Crippen LogP contribution in [0.3, 0.4) is 0 Å². The molecule has 1 aromatic rings. The maximum atomic E-state index is 12.6. The summed E-state index contributed by atoms with van der Waals surface area (Å²) < 4.78 is 12.6. The molecule has 0 saturated heterocycles. The van der Waals surface area contributed by atoms with Crippen molar-refractivity contribution in [3.63, 3.8) is 0 Å². The number of hydrogen-bond donors (Lipinski definition) is 1. The molecule has 0 aliphatic carbocycles. The van der Waals surface area contributed by atoms with E-state index in [-0.39, 0.29) is 17.3 Å². The molecule has 78 valence electrons. The van der Waals surface area contributed by atoms with Crippen LogP contribution in [0.1, 0.15) is 26.3 Å². The lowest BCUT2D eigenvalue weighted by atomic mass is 9.81. The van der Waals surface area contributed by atoms with Crippen molar-refractivity contribution in [1.82, 2.24) is 0 Å². The molecule has 14 heavy (non-hydrogen) atoms. The van der Waals surface area contributed by atoms with Crippen LogP contribution in [0.2, 0.25) is 0 Å². The Balaban J connectivity index is 2.74. The van der Waals surface area contributed by atoms with Crippen LogP contribution >= 0.6 is 0 Å². The summed E-state index contributed by atoms with van der Waals surface area (Å²) in [7, 11) is 0. The van der Waals surface area contributed by atoms with Crippen LogP contribution in [0.4, 0.5) is 4.39 Å². The molecule has 0 aliphatic heterocycles. The van der Waals surface area contributed by atoms with Gasteiger partial charge in [0.25, 0.3) is 0 Å². The molecule has 0 aliphatic rings. The van der Waals surface area contributed by atoms with Crippen molar-refractivity contribution in [1.29, 1.82) is 0 Å². The van der Waals surface area contributed by atoms with Crippen molar-refractivity contribution < 1.29 is 9.50 Å². The fourth-order valence-corrected chi connectivity index (χ4v) is 1.28. The van der Waals surface area contributed by atoms with Gasteiger partial charge in [-0.25, -0.2) is 4.39 Å². The van der Waals surface area contributed by atoms with E-state index in [9.17, 15) is 9.50 Å². The Morgan fingerprint density at radius 1 is 1.29 bits per heavy atom. The Morgan fingerprint density at radius 2 is 1.79 bits per heavy atom. The Morgan fingerprint density at radius 3 is 2.21 bits per heavy atom. The summed E-state index contributed by atoms with van der Waals surface area (Å²) in [5.74, 6) is -0.219. The second-order valence-corrected chi connectivity index (χ2v) is 4.47. The third kappa shape index (κ3) is 2.81. The van der Waals surface area contributed by atoms with Crippen LogP contribution in [-0.4, -0.2) is 11.2 Å². The van der Waals surface area contributed by atoms with E-state index >= 15 is 0 Å². The average molecular weight is 196 g/mol. The largest absolute Gasteiger partial charge is 0.393 e. The number of benzene rings is 1. The van der Waals surface area contributed by atoms with E-state index < -0.39 is 0 Å². The summed E-state index contributed by atoms with van der Waals surface area (Å²) in [5.41, 5.74) is 0.884. The molecule has 0 radical (unpaired) electrons. The Hall–Kier alpha value is -0.890. The lowest BCUT2D eigenvalue weighted by molar-refractivity contribution is 0.0665. The average Bonchev–Trinajstić information content (AvgIpc) is 2.08. The van der Waals surface area contributed by atoms with Crippen molar-refractivity contribution in [2.45, 2.75) is 33.3 Å². The van der Waals surface area contributed by atoms with Crippen molar-refractivity contribution >= 4 is 0 Å². The van der Waals surface area contributed by atoms with Gasteiger partial charge in [-0.1, -0.05) is 26.0 Å². The lowest BCUT2D eigenvalue weighted by Crippen LogP contribution is -2.28. The van der Waals surface area contributed by atoms with Crippen molar-refractivity contribution in [3.8, 4) is 0 Å². The third-order valence-electron chi connectivity index (χ3n) is 2.70. The molecule has 2 heteroatoms. The van der Waals surface area contributed by atoms with E-state index in [0.717, 1.165) is 12.0 Å². The van der Waals surface area contributed by atoms with Gasteiger partial charge in [-0.3, -0.25) is 0 Å².